The van der Waals surface area contributed by atoms with Gasteiger partial charge in [-0.3, -0.25) is 9.59 Å². The molecule has 1 aliphatic heterocycles. The molecule has 1 amide bonds. The first-order valence-corrected chi connectivity index (χ1v) is 8.50. The molecule has 1 aromatic carbocycles. The van der Waals surface area contributed by atoms with E-state index in [1.54, 1.807) is 18.1 Å². The van der Waals surface area contributed by atoms with Crippen molar-refractivity contribution in [3.8, 4) is 11.1 Å². The summed E-state index contributed by atoms with van der Waals surface area (Å²) < 4.78 is 5.51. The van der Waals surface area contributed by atoms with E-state index in [9.17, 15) is 9.59 Å². The Morgan fingerprint density at radius 2 is 1.96 bits per heavy atom. The molecule has 5 nitrogen and oxygen atoms in total. The molecule has 0 radical (unpaired) electrons. The van der Waals surface area contributed by atoms with Crippen LogP contribution in [0.2, 0.25) is 0 Å². The lowest BCUT2D eigenvalue weighted by atomic mass is 9.97. The van der Waals surface area contributed by atoms with E-state index in [-0.39, 0.29) is 23.1 Å². The minimum absolute atomic E-state index is 0.0328. The number of benzene rings is 1. The van der Waals surface area contributed by atoms with Crippen LogP contribution in [0.4, 0.5) is 0 Å². The van der Waals surface area contributed by atoms with Crippen molar-refractivity contribution in [2.75, 3.05) is 13.7 Å². The van der Waals surface area contributed by atoms with Crippen molar-refractivity contribution in [1.29, 1.82) is 0 Å². The van der Waals surface area contributed by atoms with Crippen LogP contribution in [-0.2, 0) is 4.74 Å². The Morgan fingerprint density at radius 1 is 1.28 bits per heavy atom. The SMILES string of the molecule is COC1CCN(C(=O)c2cc(-c3ccccc3)c(C)[nH]c2=O)C1(C)C. The predicted molar refractivity (Wildman–Crippen MR) is 97.8 cm³/mol. The number of H-pyrrole nitrogens is 1. The number of rotatable bonds is 3. The zero-order valence-corrected chi connectivity index (χ0v) is 15.1. The fraction of sp³-hybridized carbons (Fsp3) is 0.400. The number of hydrogen-bond acceptors (Lipinski definition) is 3. The summed E-state index contributed by atoms with van der Waals surface area (Å²) in [6, 6.07) is 11.5. The zero-order chi connectivity index (χ0) is 18.2. The fourth-order valence-corrected chi connectivity index (χ4v) is 3.68. The second-order valence-electron chi connectivity index (χ2n) is 7.04. The van der Waals surface area contributed by atoms with E-state index < -0.39 is 5.54 Å². The van der Waals surface area contributed by atoms with E-state index in [1.807, 2.05) is 51.1 Å². The van der Waals surface area contributed by atoms with E-state index in [0.717, 1.165) is 23.2 Å². The quantitative estimate of drug-likeness (QED) is 0.934. The van der Waals surface area contributed by atoms with Crippen molar-refractivity contribution >= 4 is 5.91 Å². The molecule has 0 saturated carbocycles. The summed E-state index contributed by atoms with van der Waals surface area (Å²) >= 11 is 0. The number of nitrogens with one attached hydrogen (secondary N) is 1. The van der Waals surface area contributed by atoms with Gasteiger partial charge in [-0.2, -0.15) is 0 Å². The second kappa shape index (κ2) is 6.48. The highest BCUT2D eigenvalue weighted by molar-refractivity contribution is 5.96. The van der Waals surface area contributed by atoms with Gasteiger partial charge in [0.2, 0.25) is 0 Å². The van der Waals surface area contributed by atoms with E-state index in [0.29, 0.717) is 6.54 Å². The Balaban J connectivity index is 2.03. The monoisotopic (exact) mass is 340 g/mol. The summed E-state index contributed by atoms with van der Waals surface area (Å²) in [6.07, 6.45) is 0.736. The van der Waals surface area contributed by atoms with E-state index in [4.69, 9.17) is 4.74 Å². The Labute approximate surface area is 147 Å². The minimum atomic E-state index is -0.448. The molecule has 1 fully saturated rings. The smallest absolute Gasteiger partial charge is 0.261 e. The van der Waals surface area contributed by atoms with Gasteiger partial charge in [0.05, 0.1) is 11.6 Å². The lowest BCUT2D eigenvalue weighted by Gasteiger charge is -2.35. The molecule has 0 aliphatic carbocycles. The van der Waals surface area contributed by atoms with Crippen molar-refractivity contribution in [1.82, 2.24) is 9.88 Å². The van der Waals surface area contributed by atoms with Gasteiger partial charge in [-0.25, -0.2) is 0 Å². The first-order valence-electron chi connectivity index (χ1n) is 8.50. The molecule has 1 aliphatic rings. The third-order valence-electron chi connectivity index (χ3n) is 5.18. The molecule has 1 aromatic heterocycles. The standard InChI is InChI=1S/C20H24N2O3/c1-13-15(14-8-6-5-7-9-14)12-16(18(23)21-13)19(24)22-11-10-17(25-4)20(22,2)3/h5-9,12,17H,10-11H2,1-4H3,(H,21,23). The minimum Gasteiger partial charge on any atom is -0.379 e. The van der Waals surface area contributed by atoms with Gasteiger partial charge in [-0.05, 0) is 38.8 Å². The summed E-state index contributed by atoms with van der Waals surface area (Å²) in [4.78, 5) is 30.1. The Morgan fingerprint density at radius 3 is 2.56 bits per heavy atom. The summed E-state index contributed by atoms with van der Waals surface area (Å²) in [5, 5.41) is 0. The lowest BCUT2D eigenvalue weighted by molar-refractivity contribution is 0.0179. The highest BCUT2D eigenvalue weighted by Crippen LogP contribution is 2.32. The van der Waals surface area contributed by atoms with Crippen LogP contribution in [0.3, 0.4) is 0 Å². The van der Waals surface area contributed by atoms with Gasteiger partial charge in [-0.1, -0.05) is 30.3 Å². The van der Waals surface area contributed by atoms with Crippen LogP contribution in [0.1, 0.15) is 36.3 Å². The normalized spacial score (nSPS) is 19.2. The van der Waals surface area contributed by atoms with Crippen LogP contribution in [0, 0.1) is 6.92 Å². The van der Waals surface area contributed by atoms with Crippen LogP contribution in [-0.4, -0.2) is 41.1 Å². The van der Waals surface area contributed by atoms with Gasteiger partial charge in [-0.15, -0.1) is 0 Å². The summed E-state index contributed by atoms with van der Waals surface area (Å²) in [7, 11) is 1.66. The van der Waals surface area contributed by atoms with Crippen molar-refractivity contribution in [3.05, 3.63) is 58.0 Å². The molecule has 3 rings (SSSR count). The Hall–Kier alpha value is -2.40. The van der Waals surface area contributed by atoms with Crippen LogP contribution in [0.15, 0.2) is 41.2 Å². The lowest BCUT2D eigenvalue weighted by Crippen LogP contribution is -2.49. The third-order valence-corrected chi connectivity index (χ3v) is 5.18. The van der Waals surface area contributed by atoms with Crippen molar-refractivity contribution in [3.63, 3.8) is 0 Å². The molecule has 1 N–H and O–H groups in total. The van der Waals surface area contributed by atoms with Gasteiger partial charge in [0.15, 0.2) is 0 Å². The van der Waals surface area contributed by atoms with E-state index in [1.165, 1.54) is 0 Å². The van der Waals surface area contributed by atoms with Crippen molar-refractivity contribution < 1.29 is 9.53 Å². The number of aromatic amines is 1. The molecular formula is C20H24N2O3. The molecule has 132 valence electrons. The molecular weight excluding hydrogens is 316 g/mol. The highest BCUT2D eigenvalue weighted by Gasteiger charge is 2.44. The third kappa shape index (κ3) is 3.00. The summed E-state index contributed by atoms with van der Waals surface area (Å²) in [5.41, 5.74) is 1.97. The number of carbonyl (C=O) groups excluding carboxylic acids is 1. The molecule has 25 heavy (non-hydrogen) atoms. The first kappa shape index (κ1) is 17.4. The number of carbonyl (C=O) groups is 1. The van der Waals surface area contributed by atoms with Gasteiger partial charge < -0.3 is 14.6 Å². The molecule has 0 spiro atoms. The van der Waals surface area contributed by atoms with Crippen LogP contribution < -0.4 is 5.56 Å². The molecule has 1 unspecified atom stereocenters. The van der Waals surface area contributed by atoms with Gasteiger partial charge in [0.1, 0.15) is 5.56 Å². The molecule has 2 aromatic rings. The average Bonchev–Trinajstić information content (AvgIpc) is 2.89. The van der Waals surface area contributed by atoms with Gasteiger partial charge in [0, 0.05) is 24.9 Å². The molecule has 1 atom stereocenters. The number of aromatic nitrogens is 1. The van der Waals surface area contributed by atoms with Crippen LogP contribution in [0.5, 0.6) is 0 Å². The highest BCUT2D eigenvalue weighted by atomic mass is 16.5. The number of likely N-dealkylation sites (tertiary alicyclic amines) is 1. The van der Waals surface area contributed by atoms with Gasteiger partial charge >= 0.3 is 0 Å². The maximum absolute atomic E-state index is 13.1. The van der Waals surface area contributed by atoms with Crippen LogP contribution >= 0.6 is 0 Å². The fourth-order valence-electron chi connectivity index (χ4n) is 3.68. The largest absolute Gasteiger partial charge is 0.379 e. The molecule has 5 heteroatoms. The van der Waals surface area contributed by atoms with Crippen LogP contribution in [0.25, 0.3) is 11.1 Å². The summed E-state index contributed by atoms with van der Waals surface area (Å²) in [5.74, 6) is -0.247. The number of pyridine rings is 1. The Kier molecular flexibility index (Phi) is 4.52. The van der Waals surface area contributed by atoms with Gasteiger partial charge in [0.25, 0.3) is 11.5 Å². The first-order chi connectivity index (χ1) is 11.9. The zero-order valence-electron chi connectivity index (χ0n) is 15.1. The van der Waals surface area contributed by atoms with E-state index >= 15 is 0 Å². The molecule has 2 heterocycles. The molecule has 1 saturated heterocycles. The van der Waals surface area contributed by atoms with Crippen molar-refractivity contribution in [2.45, 2.75) is 38.8 Å². The number of nitrogens with zero attached hydrogens (tertiary/aromatic N) is 1. The number of aryl methyl sites for hydroxylation is 1. The van der Waals surface area contributed by atoms with E-state index in [2.05, 4.69) is 4.98 Å². The van der Waals surface area contributed by atoms with Crippen molar-refractivity contribution in [2.24, 2.45) is 0 Å². The number of amides is 1. The number of methoxy groups -OCH3 is 1. The molecule has 0 bridgehead atoms. The average molecular weight is 340 g/mol. The topological polar surface area (TPSA) is 62.4 Å². The predicted octanol–water partition coefficient (Wildman–Crippen LogP) is 2.99. The number of ether oxygens (including phenoxy) is 1. The number of hydrogen-bond donors (Lipinski definition) is 1. The summed E-state index contributed by atoms with van der Waals surface area (Å²) in [6.45, 7) is 6.39. The second-order valence-corrected chi connectivity index (χ2v) is 7.04. The maximum atomic E-state index is 13.1. The maximum Gasteiger partial charge on any atom is 0.261 e. The Bertz CT molecular complexity index is 840.